The summed E-state index contributed by atoms with van der Waals surface area (Å²) in [6.45, 7) is 8.21. The van der Waals surface area contributed by atoms with Crippen LogP contribution in [0, 0.1) is 5.41 Å². The minimum atomic E-state index is 0.114. The van der Waals surface area contributed by atoms with Crippen molar-refractivity contribution in [2.24, 2.45) is 5.41 Å². The molecule has 0 spiro atoms. The van der Waals surface area contributed by atoms with E-state index in [9.17, 15) is 4.79 Å². The van der Waals surface area contributed by atoms with Crippen molar-refractivity contribution >= 4 is 11.6 Å². The number of nitrogens with zero attached hydrogens (tertiary/aromatic N) is 2. The Balaban J connectivity index is 1.77. The molecule has 0 bridgehead atoms. The maximum Gasteiger partial charge on any atom is 0.270 e. The van der Waals surface area contributed by atoms with Crippen molar-refractivity contribution < 1.29 is 4.79 Å². The fourth-order valence-corrected chi connectivity index (χ4v) is 3.02. The van der Waals surface area contributed by atoms with E-state index in [-0.39, 0.29) is 11.3 Å². The maximum atomic E-state index is 12.7. The summed E-state index contributed by atoms with van der Waals surface area (Å²) in [6.07, 6.45) is 7.40. The molecule has 2 heterocycles. The van der Waals surface area contributed by atoms with Gasteiger partial charge in [-0.1, -0.05) is 32.4 Å². The van der Waals surface area contributed by atoms with Gasteiger partial charge < -0.3 is 15.2 Å². The molecular formula is C17H25N3O. The standard InChI is InChI=1S/C17H25N3O/c1-17(2,3)12-6-8-19(9-7-12)16(21)15-10-13(18)11-20(15)14-4-5-14/h6,10-11,14H,4-5,7-9,18H2,1-3H3. The molecule has 1 aliphatic heterocycles. The summed E-state index contributed by atoms with van der Waals surface area (Å²) in [5.41, 5.74) is 8.98. The van der Waals surface area contributed by atoms with Gasteiger partial charge in [-0.05, 0) is 30.7 Å². The average Bonchev–Trinajstić information content (AvgIpc) is 3.20. The summed E-state index contributed by atoms with van der Waals surface area (Å²) in [6, 6.07) is 2.30. The van der Waals surface area contributed by atoms with Crippen molar-refractivity contribution in [1.29, 1.82) is 0 Å². The van der Waals surface area contributed by atoms with Gasteiger partial charge in [0.15, 0.2) is 0 Å². The first-order valence-corrected chi connectivity index (χ1v) is 7.82. The van der Waals surface area contributed by atoms with Crippen LogP contribution in [0.2, 0.25) is 0 Å². The number of hydrogen-bond donors (Lipinski definition) is 1. The van der Waals surface area contributed by atoms with Gasteiger partial charge in [0.1, 0.15) is 5.69 Å². The van der Waals surface area contributed by atoms with Crippen LogP contribution in [0.4, 0.5) is 5.69 Å². The number of anilines is 1. The maximum absolute atomic E-state index is 12.7. The van der Waals surface area contributed by atoms with Gasteiger partial charge in [-0.25, -0.2) is 0 Å². The molecule has 1 amide bonds. The van der Waals surface area contributed by atoms with Crippen molar-refractivity contribution in [1.82, 2.24) is 9.47 Å². The summed E-state index contributed by atoms with van der Waals surface area (Å²) in [7, 11) is 0. The zero-order valence-electron chi connectivity index (χ0n) is 13.2. The van der Waals surface area contributed by atoms with Crippen LogP contribution in [-0.2, 0) is 0 Å². The Bertz CT molecular complexity index is 588. The Morgan fingerprint density at radius 3 is 2.57 bits per heavy atom. The summed E-state index contributed by atoms with van der Waals surface area (Å²) in [5.74, 6) is 0.114. The van der Waals surface area contributed by atoms with Gasteiger partial charge in [-0.15, -0.1) is 0 Å². The quantitative estimate of drug-likeness (QED) is 0.849. The van der Waals surface area contributed by atoms with Crippen LogP contribution >= 0.6 is 0 Å². The van der Waals surface area contributed by atoms with Gasteiger partial charge in [-0.2, -0.15) is 0 Å². The second-order valence-corrected chi connectivity index (χ2v) is 7.28. The topological polar surface area (TPSA) is 51.3 Å². The Hall–Kier alpha value is -1.71. The van der Waals surface area contributed by atoms with Gasteiger partial charge in [-0.3, -0.25) is 4.79 Å². The third kappa shape index (κ3) is 2.85. The molecule has 0 radical (unpaired) electrons. The Labute approximate surface area is 126 Å². The van der Waals surface area contributed by atoms with E-state index in [0.717, 1.165) is 31.5 Å². The SMILES string of the molecule is CC(C)(C)C1=CCN(C(=O)c2cc(N)cn2C2CC2)CC1. The van der Waals surface area contributed by atoms with Crippen LogP contribution in [0.15, 0.2) is 23.9 Å². The van der Waals surface area contributed by atoms with Crippen molar-refractivity contribution in [3.05, 3.63) is 29.6 Å². The van der Waals surface area contributed by atoms with Crippen LogP contribution in [0.3, 0.4) is 0 Å². The van der Waals surface area contributed by atoms with E-state index >= 15 is 0 Å². The van der Waals surface area contributed by atoms with E-state index in [1.54, 1.807) is 0 Å². The van der Waals surface area contributed by atoms with Gasteiger partial charge in [0, 0.05) is 25.3 Å². The van der Waals surface area contributed by atoms with Crippen LogP contribution in [0.5, 0.6) is 0 Å². The van der Waals surface area contributed by atoms with E-state index in [1.807, 2.05) is 17.2 Å². The fraction of sp³-hybridized carbons (Fsp3) is 0.588. The lowest BCUT2D eigenvalue weighted by Crippen LogP contribution is -2.37. The van der Waals surface area contributed by atoms with Gasteiger partial charge in [0.05, 0.1) is 5.69 Å². The second-order valence-electron chi connectivity index (χ2n) is 7.28. The largest absolute Gasteiger partial charge is 0.397 e. The molecular weight excluding hydrogens is 262 g/mol. The van der Waals surface area contributed by atoms with E-state index in [0.29, 0.717) is 18.3 Å². The molecule has 3 rings (SSSR count). The zero-order valence-corrected chi connectivity index (χ0v) is 13.2. The Morgan fingerprint density at radius 2 is 2.05 bits per heavy atom. The molecule has 21 heavy (non-hydrogen) atoms. The molecule has 0 saturated heterocycles. The molecule has 0 unspecified atom stereocenters. The van der Waals surface area contributed by atoms with Gasteiger partial charge in [0.2, 0.25) is 0 Å². The Morgan fingerprint density at radius 1 is 1.33 bits per heavy atom. The summed E-state index contributed by atoms with van der Waals surface area (Å²) < 4.78 is 2.07. The Kier molecular flexibility index (Phi) is 3.34. The molecule has 1 aromatic heterocycles. The average molecular weight is 287 g/mol. The first kappa shape index (κ1) is 14.2. The van der Waals surface area contributed by atoms with Crippen molar-refractivity contribution in [2.75, 3.05) is 18.8 Å². The van der Waals surface area contributed by atoms with Gasteiger partial charge >= 0.3 is 0 Å². The zero-order chi connectivity index (χ0) is 15.2. The smallest absolute Gasteiger partial charge is 0.270 e. The van der Waals surface area contributed by atoms with E-state index in [1.165, 1.54) is 5.57 Å². The number of aromatic nitrogens is 1. The predicted octanol–water partition coefficient (Wildman–Crippen LogP) is 3.22. The number of rotatable bonds is 2. The van der Waals surface area contributed by atoms with E-state index in [2.05, 4.69) is 31.4 Å². The summed E-state index contributed by atoms with van der Waals surface area (Å²) in [5, 5.41) is 0. The normalized spacial score (nSPS) is 19.6. The molecule has 2 aliphatic rings. The van der Waals surface area contributed by atoms with Crippen molar-refractivity contribution in [2.45, 2.75) is 46.1 Å². The number of carbonyl (C=O) groups excluding carboxylic acids is 1. The molecule has 0 atom stereocenters. The van der Waals surface area contributed by atoms with Crippen molar-refractivity contribution in [3.63, 3.8) is 0 Å². The lowest BCUT2D eigenvalue weighted by Gasteiger charge is -2.32. The third-order valence-corrected chi connectivity index (χ3v) is 4.49. The minimum Gasteiger partial charge on any atom is -0.397 e. The highest BCUT2D eigenvalue weighted by Crippen LogP contribution is 2.37. The van der Waals surface area contributed by atoms with Crippen LogP contribution in [0.25, 0.3) is 0 Å². The van der Waals surface area contributed by atoms with Crippen molar-refractivity contribution in [3.8, 4) is 0 Å². The molecule has 4 heteroatoms. The first-order chi connectivity index (χ1) is 9.86. The van der Waals surface area contributed by atoms with Crippen LogP contribution < -0.4 is 5.73 Å². The molecule has 4 nitrogen and oxygen atoms in total. The highest BCUT2D eigenvalue weighted by atomic mass is 16.2. The summed E-state index contributed by atoms with van der Waals surface area (Å²) in [4.78, 5) is 14.7. The molecule has 2 N–H and O–H groups in total. The molecule has 1 saturated carbocycles. The number of hydrogen-bond acceptors (Lipinski definition) is 2. The lowest BCUT2D eigenvalue weighted by atomic mass is 9.83. The second kappa shape index (κ2) is 4.93. The number of amides is 1. The molecule has 0 aromatic carbocycles. The number of nitrogens with two attached hydrogens (primary N) is 1. The highest BCUT2D eigenvalue weighted by Gasteiger charge is 2.30. The highest BCUT2D eigenvalue weighted by molar-refractivity contribution is 5.94. The molecule has 1 fully saturated rings. The minimum absolute atomic E-state index is 0.114. The molecule has 1 aromatic rings. The molecule has 114 valence electrons. The first-order valence-electron chi connectivity index (χ1n) is 7.82. The fourth-order valence-electron chi connectivity index (χ4n) is 3.02. The summed E-state index contributed by atoms with van der Waals surface area (Å²) >= 11 is 0. The third-order valence-electron chi connectivity index (χ3n) is 4.49. The monoisotopic (exact) mass is 287 g/mol. The van der Waals surface area contributed by atoms with Crippen LogP contribution in [0.1, 0.15) is 56.6 Å². The molecule has 1 aliphatic carbocycles. The predicted molar refractivity (Wildman–Crippen MR) is 85.2 cm³/mol. The number of nitrogen functional groups attached to an aromatic ring is 1. The van der Waals surface area contributed by atoms with E-state index in [4.69, 9.17) is 5.73 Å². The lowest BCUT2D eigenvalue weighted by molar-refractivity contribution is 0.0754. The number of carbonyl (C=O) groups is 1. The van der Waals surface area contributed by atoms with Crippen LogP contribution in [-0.4, -0.2) is 28.5 Å². The van der Waals surface area contributed by atoms with Gasteiger partial charge in [0.25, 0.3) is 5.91 Å². The van der Waals surface area contributed by atoms with E-state index < -0.39 is 0 Å².